The second kappa shape index (κ2) is 10.0. The first-order valence-corrected chi connectivity index (χ1v) is 10.9. The van der Waals surface area contributed by atoms with Gasteiger partial charge in [-0.2, -0.15) is 20.1 Å². The van der Waals surface area contributed by atoms with Gasteiger partial charge in [0.25, 0.3) is 0 Å². The van der Waals surface area contributed by atoms with Gasteiger partial charge >= 0.3 is 0 Å². The molecule has 3 aromatic rings. The fraction of sp³-hybridized carbons (Fsp3) is 0.238. The van der Waals surface area contributed by atoms with E-state index in [1.807, 2.05) is 42.5 Å². The molecule has 1 saturated heterocycles. The molecule has 30 heavy (non-hydrogen) atoms. The molecule has 1 aliphatic heterocycles. The standard InChI is InChI=1S/C21H23N7OS/c1-30-18-9-7-16(8-10-18)15-22-27-20-24-19(23-17-5-3-2-4-6-17)25-21(26-20)28-11-13-29-14-12-28/h2-10,15H,11-14H2,1H3,(H2,23,24,25,26,27). The number of para-hydroxylation sites is 1. The van der Waals surface area contributed by atoms with Crippen molar-refractivity contribution in [3.8, 4) is 0 Å². The quantitative estimate of drug-likeness (QED) is 0.340. The number of hydrogen-bond donors (Lipinski definition) is 2. The van der Waals surface area contributed by atoms with Crippen LogP contribution in [0.15, 0.2) is 64.6 Å². The fourth-order valence-corrected chi connectivity index (χ4v) is 3.29. The van der Waals surface area contributed by atoms with Crippen molar-refractivity contribution < 1.29 is 4.74 Å². The van der Waals surface area contributed by atoms with Crippen LogP contribution >= 0.6 is 11.8 Å². The lowest BCUT2D eigenvalue weighted by Crippen LogP contribution is -2.37. The Bertz CT molecular complexity index is 976. The van der Waals surface area contributed by atoms with Crippen LogP contribution in [0.2, 0.25) is 0 Å². The fourth-order valence-electron chi connectivity index (χ4n) is 2.88. The maximum absolute atomic E-state index is 5.44. The van der Waals surface area contributed by atoms with Crippen LogP contribution in [0.1, 0.15) is 5.56 Å². The van der Waals surface area contributed by atoms with Crippen LogP contribution in [0, 0.1) is 0 Å². The number of hydrazone groups is 1. The Kier molecular flexibility index (Phi) is 6.73. The van der Waals surface area contributed by atoms with Crippen LogP contribution in [0.4, 0.5) is 23.5 Å². The molecule has 8 nitrogen and oxygen atoms in total. The van der Waals surface area contributed by atoms with Gasteiger partial charge in [0.05, 0.1) is 19.4 Å². The van der Waals surface area contributed by atoms with Gasteiger partial charge in [-0.05, 0) is 36.1 Å². The number of nitrogens with zero attached hydrogens (tertiary/aromatic N) is 5. The number of hydrogen-bond acceptors (Lipinski definition) is 9. The molecule has 0 radical (unpaired) electrons. The molecule has 4 rings (SSSR count). The average Bonchev–Trinajstić information content (AvgIpc) is 2.81. The first-order chi connectivity index (χ1) is 14.8. The monoisotopic (exact) mass is 421 g/mol. The molecule has 0 spiro atoms. The predicted octanol–water partition coefficient (Wildman–Crippen LogP) is 3.62. The van der Waals surface area contributed by atoms with Crippen molar-refractivity contribution in [1.29, 1.82) is 0 Å². The summed E-state index contributed by atoms with van der Waals surface area (Å²) in [6, 6.07) is 18.0. The third-order valence-corrected chi connectivity index (χ3v) is 5.19. The van der Waals surface area contributed by atoms with Crippen molar-refractivity contribution in [1.82, 2.24) is 15.0 Å². The van der Waals surface area contributed by atoms with E-state index in [0.717, 1.165) is 24.3 Å². The Morgan fingerprint density at radius 3 is 2.43 bits per heavy atom. The molecule has 0 amide bonds. The van der Waals surface area contributed by atoms with Crippen molar-refractivity contribution in [2.24, 2.45) is 5.10 Å². The van der Waals surface area contributed by atoms with Gasteiger partial charge in [-0.25, -0.2) is 5.43 Å². The Morgan fingerprint density at radius 1 is 0.967 bits per heavy atom. The first-order valence-electron chi connectivity index (χ1n) is 9.64. The minimum atomic E-state index is 0.377. The number of nitrogens with one attached hydrogen (secondary N) is 2. The number of benzene rings is 2. The van der Waals surface area contributed by atoms with Gasteiger partial charge in [-0.3, -0.25) is 0 Å². The van der Waals surface area contributed by atoms with E-state index in [0.29, 0.717) is 31.1 Å². The van der Waals surface area contributed by atoms with Gasteiger partial charge < -0.3 is 15.0 Å². The molecule has 0 aliphatic carbocycles. The number of anilines is 4. The number of aromatic nitrogens is 3. The molecule has 2 heterocycles. The third-order valence-electron chi connectivity index (χ3n) is 4.44. The first kappa shape index (κ1) is 20.1. The summed E-state index contributed by atoms with van der Waals surface area (Å²) in [4.78, 5) is 16.9. The van der Waals surface area contributed by atoms with Gasteiger partial charge in [0.2, 0.25) is 17.8 Å². The molecule has 0 atom stereocenters. The molecule has 2 N–H and O–H groups in total. The number of ether oxygens (including phenoxy) is 1. The van der Waals surface area contributed by atoms with E-state index in [1.54, 1.807) is 18.0 Å². The van der Waals surface area contributed by atoms with Gasteiger partial charge in [-0.1, -0.05) is 30.3 Å². The zero-order valence-electron chi connectivity index (χ0n) is 16.7. The molecule has 0 bridgehead atoms. The summed E-state index contributed by atoms with van der Waals surface area (Å²) in [7, 11) is 0. The van der Waals surface area contributed by atoms with Gasteiger partial charge in [0, 0.05) is 23.7 Å². The van der Waals surface area contributed by atoms with E-state index in [4.69, 9.17) is 4.74 Å². The topological polar surface area (TPSA) is 87.6 Å². The minimum Gasteiger partial charge on any atom is -0.378 e. The van der Waals surface area contributed by atoms with Crippen molar-refractivity contribution in [2.45, 2.75) is 4.90 Å². The highest BCUT2D eigenvalue weighted by Gasteiger charge is 2.16. The number of morpholine rings is 1. The molecule has 2 aromatic carbocycles. The molecule has 0 unspecified atom stereocenters. The molecule has 1 fully saturated rings. The predicted molar refractivity (Wildman–Crippen MR) is 122 cm³/mol. The van der Waals surface area contributed by atoms with Crippen molar-refractivity contribution >= 4 is 41.5 Å². The smallest absolute Gasteiger partial charge is 0.250 e. The van der Waals surface area contributed by atoms with Gasteiger partial charge in [-0.15, -0.1) is 11.8 Å². The van der Waals surface area contributed by atoms with Crippen LogP contribution in [0.3, 0.4) is 0 Å². The van der Waals surface area contributed by atoms with Crippen LogP contribution in [0.5, 0.6) is 0 Å². The average molecular weight is 422 g/mol. The number of rotatable bonds is 7. The largest absolute Gasteiger partial charge is 0.378 e. The molecular weight excluding hydrogens is 398 g/mol. The molecule has 0 saturated carbocycles. The van der Waals surface area contributed by atoms with E-state index in [1.165, 1.54) is 4.90 Å². The lowest BCUT2D eigenvalue weighted by Gasteiger charge is -2.27. The maximum atomic E-state index is 5.44. The maximum Gasteiger partial charge on any atom is 0.250 e. The lowest BCUT2D eigenvalue weighted by molar-refractivity contribution is 0.122. The van der Waals surface area contributed by atoms with Gasteiger partial charge in [0.15, 0.2) is 0 Å². The van der Waals surface area contributed by atoms with E-state index >= 15 is 0 Å². The van der Waals surface area contributed by atoms with Crippen LogP contribution in [-0.4, -0.2) is 53.7 Å². The summed E-state index contributed by atoms with van der Waals surface area (Å²) < 4.78 is 5.44. The highest BCUT2D eigenvalue weighted by molar-refractivity contribution is 7.98. The molecule has 1 aliphatic rings. The minimum absolute atomic E-state index is 0.377. The second-order valence-electron chi connectivity index (χ2n) is 6.52. The Balaban J connectivity index is 1.53. The van der Waals surface area contributed by atoms with E-state index in [-0.39, 0.29) is 0 Å². The van der Waals surface area contributed by atoms with Crippen molar-refractivity contribution in [3.63, 3.8) is 0 Å². The Labute approximate surface area is 179 Å². The highest BCUT2D eigenvalue weighted by Crippen LogP contribution is 2.19. The van der Waals surface area contributed by atoms with E-state index in [2.05, 4.69) is 54.1 Å². The highest BCUT2D eigenvalue weighted by atomic mass is 32.2. The molecule has 1 aromatic heterocycles. The van der Waals surface area contributed by atoms with Crippen LogP contribution < -0.4 is 15.6 Å². The lowest BCUT2D eigenvalue weighted by atomic mass is 10.2. The van der Waals surface area contributed by atoms with Crippen molar-refractivity contribution in [3.05, 3.63) is 60.2 Å². The zero-order valence-corrected chi connectivity index (χ0v) is 17.5. The van der Waals surface area contributed by atoms with E-state index < -0.39 is 0 Å². The summed E-state index contributed by atoms with van der Waals surface area (Å²) in [5, 5.41) is 7.53. The van der Waals surface area contributed by atoms with E-state index in [9.17, 15) is 0 Å². The third kappa shape index (κ3) is 5.46. The zero-order chi connectivity index (χ0) is 20.6. The summed E-state index contributed by atoms with van der Waals surface area (Å²) in [6.45, 7) is 2.78. The molecule has 9 heteroatoms. The van der Waals surface area contributed by atoms with Crippen molar-refractivity contribution in [2.75, 3.05) is 48.2 Å². The van der Waals surface area contributed by atoms with Crippen LogP contribution in [0.25, 0.3) is 0 Å². The molecular formula is C21H23N7OS. The summed E-state index contributed by atoms with van der Waals surface area (Å²) in [5.41, 5.74) is 4.83. The Morgan fingerprint density at radius 2 is 1.70 bits per heavy atom. The number of thioether (sulfide) groups is 1. The summed E-state index contributed by atoms with van der Waals surface area (Å²) in [5.74, 6) is 1.43. The SMILES string of the molecule is CSc1ccc(C=NNc2nc(Nc3ccccc3)nc(N3CCOCC3)n2)cc1. The molecule has 154 valence electrons. The van der Waals surface area contributed by atoms with Gasteiger partial charge in [0.1, 0.15) is 0 Å². The van der Waals surface area contributed by atoms with Crippen LogP contribution in [-0.2, 0) is 4.74 Å². The second-order valence-corrected chi connectivity index (χ2v) is 7.40. The summed E-state index contributed by atoms with van der Waals surface area (Å²) in [6.07, 6.45) is 3.80. The summed E-state index contributed by atoms with van der Waals surface area (Å²) >= 11 is 1.71. The Hall–Kier alpha value is -3.17. The normalized spacial score (nSPS) is 14.1.